The fraction of sp³-hybridized carbons (Fsp3) is 0.391. The van der Waals surface area contributed by atoms with Gasteiger partial charge in [-0.15, -0.1) is 11.3 Å². The molecular formula is C23H24N6OS. The van der Waals surface area contributed by atoms with Crippen molar-refractivity contribution in [3.63, 3.8) is 0 Å². The Labute approximate surface area is 184 Å². The van der Waals surface area contributed by atoms with Crippen molar-refractivity contribution in [2.75, 3.05) is 23.3 Å². The molecule has 2 aliphatic rings. The molecule has 2 fully saturated rings. The van der Waals surface area contributed by atoms with Gasteiger partial charge in [0.15, 0.2) is 0 Å². The number of hydrogen-bond donors (Lipinski definition) is 2. The monoisotopic (exact) mass is 432 g/mol. The van der Waals surface area contributed by atoms with Gasteiger partial charge in [0.2, 0.25) is 0 Å². The van der Waals surface area contributed by atoms with Crippen molar-refractivity contribution >= 4 is 43.3 Å². The Balaban J connectivity index is 1.22. The smallest absolute Gasteiger partial charge is 0.147 e. The Bertz CT molecular complexity index is 1310. The molecule has 8 heteroatoms. The van der Waals surface area contributed by atoms with Gasteiger partial charge in [0.1, 0.15) is 22.6 Å². The predicted octanol–water partition coefficient (Wildman–Crippen LogP) is 3.92. The highest BCUT2D eigenvalue weighted by atomic mass is 32.1. The van der Waals surface area contributed by atoms with Gasteiger partial charge < -0.3 is 15.3 Å². The highest BCUT2D eigenvalue weighted by Gasteiger charge is 2.38. The van der Waals surface area contributed by atoms with Gasteiger partial charge in [0.25, 0.3) is 0 Å². The summed E-state index contributed by atoms with van der Waals surface area (Å²) in [5.74, 6) is 0.883. The molecule has 2 N–H and O–H groups in total. The number of nitrogens with zero attached hydrogens (tertiary/aromatic N) is 5. The molecule has 1 aliphatic heterocycles. The summed E-state index contributed by atoms with van der Waals surface area (Å²) < 4.78 is 1.07. The first kappa shape index (κ1) is 18.9. The van der Waals surface area contributed by atoms with Crippen molar-refractivity contribution in [3.8, 4) is 0 Å². The van der Waals surface area contributed by atoms with Crippen LogP contribution >= 0.6 is 11.3 Å². The number of pyridine rings is 2. The number of aliphatic hydroxyl groups is 1. The normalized spacial score (nSPS) is 18.2. The minimum Gasteiger partial charge on any atom is -0.384 e. The topological polar surface area (TPSA) is 87.1 Å². The van der Waals surface area contributed by atoms with E-state index in [4.69, 9.17) is 4.98 Å². The van der Waals surface area contributed by atoms with Gasteiger partial charge in [-0.05, 0) is 56.9 Å². The maximum atomic E-state index is 10.6. The second-order valence-electron chi connectivity index (χ2n) is 8.79. The number of hydrogen-bond acceptors (Lipinski definition) is 8. The number of aryl methyl sites for hydroxylation is 2. The Morgan fingerprint density at radius 2 is 2.00 bits per heavy atom. The van der Waals surface area contributed by atoms with Crippen LogP contribution in [0.2, 0.25) is 0 Å². The molecule has 0 bridgehead atoms. The van der Waals surface area contributed by atoms with Gasteiger partial charge in [-0.25, -0.2) is 15.0 Å². The van der Waals surface area contributed by atoms with Crippen LogP contribution in [0.25, 0.3) is 20.4 Å². The highest BCUT2D eigenvalue weighted by molar-refractivity contribution is 7.26. The lowest BCUT2D eigenvalue weighted by molar-refractivity contribution is -0.0425. The molecule has 5 heterocycles. The molecule has 4 aromatic heterocycles. The molecule has 4 aromatic rings. The number of nitrogens with one attached hydrogen (secondary N) is 1. The van der Waals surface area contributed by atoms with E-state index in [0.29, 0.717) is 6.04 Å². The molecule has 7 nitrogen and oxygen atoms in total. The van der Waals surface area contributed by atoms with Crippen LogP contribution < -0.4 is 10.2 Å². The molecule has 0 amide bonds. The highest BCUT2D eigenvalue weighted by Crippen LogP contribution is 2.41. The van der Waals surface area contributed by atoms with Crippen LogP contribution in [0.5, 0.6) is 0 Å². The first-order chi connectivity index (χ1) is 15.0. The van der Waals surface area contributed by atoms with E-state index in [1.54, 1.807) is 17.7 Å². The fourth-order valence-corrected chi connectivity index (χ4v) is 5.83. The van der Waals surface area contributed by atoms with Gasteiger partial charge >= 0.3 is 0 Å². The van der Waals surface area contributed by atoms with Crippen molar-refractivity contribution in [2.24, 2.45) is 0 Å². The summed E-state index contributed by atoms with van der Waals surface area (Å²) >= 11 is 1.66. The van der Waals surface area contributed by atoms with Gasteiger partial charge in [0, 0.05) is 36.1 Å². The minimum atomic E-state index is -0.725. The van der Waals surface area contributed by atoms with Crippen LogP contribution in [0.4, 0.5) is 11.5 Å². The standard InChI is InChI=1S/C23H24N6OS/c1-13-8-14(2)27-22-18(13)19-20(31-22)21(26-12-25-19)28-15-10-29(11-15)16-4-7-24-17(9-16)23(30)5-3-6-23/h4,7-9,12,15,30H,3,5-6,10-11H2,1-2H3,(H,25,26,28). The Morgan fingerprint density at radius 1 is 1.16 bits per heavy atom. The molecular weight excluding hydrogens is 408 g/mol. The maximum Gasteiger partial charge on any atom is 0.147 e. The van der Waals surface area contributed by atoms with Crippen molar-refractivity contribution in [3.05, 3.63) is 47.7 Å². The number of rotatable bonds is 4. The third kappa shape index (κ3) is 3.04. The van der Waals surface area contributed by atoms with E-state index >= 15 is 0 Å². The molecule has 0 unspecified atom stereocenters. The predicted molar refractivity (Wildman–Crippen MR) is 124 cm³/mol. The van der Waals surface area contributed by atoms with Crippen LogP contribution in [0.1, 0.15) is 36.2 Å². The summed E-state index contributed by atoms with van der Waals surface area (Å²) in [4.78, 5) is 21.5. The fourth-order valence-electron chi connectivity index (χ4n) is 4.62. The zero-order valence-electron chi connectivity index (χ0n) is 17.6. The van der Waals surface area contributed by atoms with Crippen LogP contribution in [0.3, 0.4) is 0 Å². The van der Waals surface area contributed by atoms with Gasteiger partial charge in [-0.2, -0.15) is 0 Å². The van der Waals surface area contributed by atoms with Crippen LogP contribution in [0.15, 0.2) is 30.7 Å². The third-order valence-corrected chi connectivity index (χ3v) is 7.62. The lowest BCUT2D eigenvalue weighted by Gasteiger charge is -2.42. The summed E-state index contributed by atoms with van der Waals surface area (Å²) in [5, 5.41) is 15.3. The molecule has 0 radical (unpaired) electrons. The molecule has 0 atom stereocenters. The van der Waals surface area contributed by atoms with E-state index in [-0.39, 0.29) is 0 Å². The average Bonchev–Trinajstić information content (AvgIpc) is 3.08. The summed E-state index contributed by atoms with van der Waals surface area (Å²) in [6.07, 6.45) is 6.13. The van der Waals surface area contributed by atoms with Crippen molar-refractivity contribution in [1.82, 2.24) is 19.9 Å². The Morgan fingerprint density at radius 3 is 2.77 bits per heavy atom. The van der Waals surface area contributed by atoms with Crippen molar-refractivity contribution in [1.29, 1.82) is 0 Å². The average molecular weight is 433 g/mol. The van der Waals surface area contributed by atoms with Crippen LogP contribution in [-0.4, -0.2) is 44.2 Å². The largest absolute Gasteiger partial charge is 0.384 e. The summed E-state index contributed by atoms with van der Waals surface area (Å²) in [5.41, 5.74) is 4.40. The van der Waals surface area contributed by atoms with E-state index in [0.717, 1.165) is 75.7 Å². The van der Waals surface area contributed by atoms with E-state index in [9.17, 15) is 5.11 Å². The molecule has 1 saturated heterocycles. The van der Waals surface area contributed by atoms with Crippen molar-refractivity contribution < 1.29 is 5.11 Å². The quantitative estimate of drug-likeness (QED) is 0.505. The minimum absolute atomic E-state index is 0.308. The molecule has 1 saturated carbocycles. The molecule has 0 aromatic carbocycles. The van der Waals surface area contributed by atoms with Gasteiger partial charge in [0.05, 0.1) is 22.0 Å². The number of aromatic nitrogens is 4. The lowest BCUT2D eigenvalue weighted by atomic mass is 9.77. The lowest BCUT2D eigenvalue weighted by Crippen LogP contribution is -2.55. The Hall–Kier alpha value is -2.84. The zero-order chi connectivity index (χ0) is 21.2. The van der Waals surface area contributed by atoms with Crippen LogP contribution in [-0.2, 0) is 5.60 Å². The van der Waals surface area contributed by atoms with E-state index in [1.165, 1.54) is 5.56 Å². The number of anilines is 2. The number of thiophene rings is 1. The van der Waals surface area contributed by atoms with Gasteiger partial charge in [-0.3, -0.25) is 4.98 Å². The summed E-state index contributed by atoms with van der Waals surface area (Å²) in [6.45, 7) is 5.91. The molecule has 31 heavy (non-hydrogen) atoms. The second-order valence-corrected chi connectivity index (χ2v) is 9.79. The van der Waals surface area contributed by atoms with E-state index in [1.807, 2.05) is 25.3 Å². The van der Waals surface area contributed by atoms with Crippen molar-refractivity contribution in [2.45, 2.75) is 44.8 Å². The molecule has 1 aliphatic carbocycles. The first-order valence-electron chi connectivity index (χ1n) is 10.7. The van der Waals surface area contributed by atoms with E-state index < -0.39 is 5.60 Å². The van der Waals surface area contributed by atoms with Crippen LogP contribution in [0, 0.1) is 13.8 Å². The SMILES string of the molecule is Cc1cc(C)c2c(n1)sc1c(NC3CN(c4ccnc(C5(O)CCC5)c4)C3)ncnc12. The molecule has 0 spiro atoms. The van der Waals surface area contributed by atoms with E-state index in [2.05, 4.69) is 38.2 Å². The zero-order valence-corrected chi connectivity index (χ0v) is 18.4. The maximum absolute atomic E-state index is 10.6. The summed E-state index contributed by atoms with van der Waals surface area (Å²) in [6, 6.07) is 6.48. The first-order valence-corrected chi connectivity index (χ1v) is 11.5. The summed E-state index contributed by atoms with van der Waals surface area (Å²) in [7, 11) is 0. The Kier molecular flexibility index (Phi) is 4.16. The molecule has 158 valence electrons. The third-order valence-electron chi connectivity index (χ3n) is 6.54. The second kappa shape index (κ2) is 6.83. The molecule has 6 rings (SSSR count). The van der Waals surface area contributed by atoms with Gasteiger partial charge in [-0.1, -0.05) is 0 Å². The number of fused-ring (bicyclic) bond motifs is 3.